The summed E-state index contributed by atoms with van der Waals surface area (Å²) in [7, 11) is -4.89. The van der Waals surface area contributed by atoms with Crippen LogP contribution in [0.4, 0.5) is 0 Å². The van der Waals surface area contributed by atoms with Crippen molar-refractivity contribution in [1.29, 1.82) is 0 Å². The summed E-state index contributed by atoms with van der Waals surface area (Å²) in [4.78, 5) is 22.9. The molecule has 0 atom stereocenters. The molecule has 0 saturated heterocycles. The minimum atomic E-state index is -4.89. The summed E-state index contributed by atoms with van der Waals surface area (Å²) in [6.45, 7) is 15.0. The van der Waals surface area contributed by atoms with E-state index in [1.807, 2.05) is 0 Å². The maximum Gasteiger partial charge on any atom is 0.262 e. The van der Waals surface area contributed by atoms with Gasteiger partial charge in [0.1, 0.15) is 0 Å². The lowest BCUT2D eigenvalue weighted by Gasteiger charge is -2.39. The van der Waals surface area contributed by atoms with Crippen molar-refractivity contribution < 1.29 is 29.2 Å². The van der Waals surface area contributed by atoms with Crippen molar-refractivity contribution in [3.05, 3.63) is 0 Å². The minimum Gasteiger partial charge on any atom is -0.756 e. The molecule has 0 aliphatic rings. The molecule has 160 valence electrons. The van der Waals surface area contributed by atoms with Crippen LogP contribution in [0.2, 0.25) is 0 Å². The number of rotatable bonds is 12. The lowest BCUT2D eigenvalue weighted by atomic mass is 10.1. The molecule has 8 nitrogen and oxygen atoms in total. The third-order valence-electron chi connectivity index (χ3n) is 3.94. The van der Waals surface area contributed by atoms with E-state index < -0.39 is 7.82 Å². The fraction of sp³-hybridized carbons (Fsp3) is 1.00. The molecule has 0 aromatic rings. The van der Waals surface area contributed by atoms with Crippen LogP contribution in [0.3, 0.4) is 0 Å². The first-order valence-electron chi connectivity index (χ1n) is 8.86. The zero-order valence-corrected chi connectivity index (χ0v) is 17.9. The van der Waals surface area contributed by atoms with E-state index in [-0.39, 0.29) is 17.8 Å². The smallest absolute Gasteiger partial charge is 0.262 e. The molecule has 0 radical (unpaired) electrons. The molecular formula is C16H46N3O5P. The summed E-state index contributed by atoms with van der Waals surface area (Å²) >= 11 is 0. The molecule has 0 aromatic heterocycles. The van der Waals surface area contributed by atoms with Crippen LogP contribution < -0.4 is 17.2 Å². The first-order valence-corrected chi connectivity index (χ1v) is 10.4. The minimum absolute atomic E-state index is 0. The molecule has 10 N–H and O–H groups in total. The number of phosphoric acid groups is 1. The first-order chi connectivity index (χ1) is 10.2. The van der Waals surface area contributed by atoms with Crippen LogP contribution in [0.5, 0.6) is 0 Å². The van der Waals surface area contributed by atoms with Gasteiger partial charge in [0.15, 0.2) is 0 Å². The van der Waals surface area contributed by atoms with Gasteiger partial charge in [-0.15, -0.1) is 0 Å². The van der Waals surface area contributed by atoms with Crippen LogP contribution in [0.25, 0.3) is 0 Å². The average molecular weight is 392 g/mol. The molecule has 0 bridgehead atoms. The van der Waals surface area contributed by atoms with Gasteiger partial charge in [-0.2, -0.15) is 0 Å². The van der Waals surface area contributed by atoms with Gasteiger partial charge in [-0.1, -0.05) is 53.4 Å². The summed E-state index contributed by atoms with van der Waals surface area (Å²) in [5.41, 5.74) is 0. The van der Waals surface area contributed by atoms with Gasteiger partial charge >= 0.3 is 0 Å². The van der Waals surface area contributed by atoms with Crippen LogP contribution in [-0.4, -0.2) is 45.9 Å². The second-order valence-corrected chi connectivity index (χ2v) is 7.12. The Kier molecular flexibility index (Phi) is 31.6. The fourth-order valence-electron chi connectivity index (χ4n) is 2.64. The van der Waals surface area contributed by atoms with Crippen molar-refractivity contribution in [1.82, 2.24) is 12.3 Å². The van der Waals surface area contributed by atoms with E-state index >= 15 is 0 Å². The van der Waals surface area contributed by atoms with E-state index in [0.29, 0.717) is 0 Å². The molecule has 25 heavy (non-hydrogen) atoms. The summed E-state index contributed by atoms with van der Waals surface area (Å²) in [5, 5.41) is 0. The lowest BCUT2D eigenvalue weighted by molar-refractivity contribution is -0.929. The molecule has 0 aromatic carbocycles. The first kappa shape index (κ1) is 36.0. The van der Waals surface area contributed by atoms with Gasteiger partial charge in [0, 0.05) is 0 Å². The molecule has 0 aliphatic carbocycles. The number of nitrogens with zero attached hydrogens (tertiary/aromatic N) is 1. The van der Waals surface area contributed by atoms with E-state index in [1.165, 1.54) is 82.0 Å². The van der Waals surface area contributed by atoms with E-state index in [9.17, 15) is 0 Å². The number of hydrogen-bond donors (Lipinski definition) is 4. The van der Waals surface area contributed by atoms with Crippen molar-refractivity contribution in [3.63, 3.8) is 0 Å². The molecule has 0 aliphatic heterocycles. The highest BCUT2D eigenvalue weighted by Crippen LogP contribution is 2.19. The molecule has 0 saturated carbocycles. The Labute approximate surface area is 155 Å². The molecule has 0 unspecified atom stereocenters. The third-order valence-corrected chi connectivity index (χ3v) is 3.94. The van der Waals surface area contributed by atoms with Gasteiger partial charge in [0.2, 0.25) is 0 Å². The van der Waals surface area contributed by atoms with Crippen molar-refractivity contribution in [2.24, 2.45) is 0 Å². The second-order valence-electron chi connectivity index (χ2n) is 6.14. The number of unbranched alkanes of at least 4 members (excludes halogenated alkanes) is 4. The molecule has 0 fully saturated rings. The zero-order chi connectivity index (χ0) is 17.5. The molecule has 0 rings (SSSR count). The van der Waals surface area contributed by atoms with Crippen LogP contribution >= 0.6 is 7.82 Å². The Morgan fingerprint density at radius 2 is 0.880 bits per heavy atom. The standard InChI is InChI=1S/C16H36N.2H3N.H3O4P.H2O/c1-5-9-13-17(14-10-6-2,15-11-7-3)16-12-8-4;;;1-5(2,3)4;/h5-16H2,1-4H3;2*1H3;(H3,1,2,3,4);1H2/q+1;;;;/p-1. The molecule has 0 heterocycles. The highest BCUT2D eigenvalue weighted by molar-refractivity contribution is 7.43. The topological polar surface area (TPSA) is 182 Å². The Hall–Kier alpha value is -0.0500. The van der Waals surface area contributed by atoms with Crippen LogP contribution in [0.1, 0.15) is 79.1 Å². The molecular weight excluding hydrogens is 345 g/mol. The van der Waals surface area contributed by atoms with Gasteiger partial charge in [0.05, 0.1) is 26.2 Å². The Balaban J connectivity index is -0.000000147. The van der Waals surface area contributed by atoms with Gasteiger partial charge in [0.25, 0.3) is 7.82 Å². The number of hydrogen-bond acceptors (Lipinski definition) is 4. The van der Waals surface area contributed by atoms with Crippen LogP contribution in [-0.2, 0) is 4.57 Å². The van der Waals surface area contributed by atoms with E-state index in [4.69, 9.17) is 19.2 Å². The zero-order valence-electron chi connectivity index (χ0n) is 17.0. The average Bonchev–Trinajstić information content (AvgIpc) is 2.44. The van der Waals surface area contributed by atoms with Crippen molar-refractivity contribution >= 4 is 7.82 Å². The van der Waals surface area contributed by atoms with Gasteiger partial charge < -0.3 is 36.9 Å². The Bertz CT molecular complexity index is 245. The summed E-state index contributed by atoms with van der Waals surface area (Å²) in [5.74, 6) is 0. The largest absolute Gasteiger partial charge is 0.756 e. The highest BCUT2D eigenvalue weighted by Gasteiger charge is 2.24. The van der Waals surface area contributed by atoms with Gasteiger partial charge in [-0.3, -0.25) is 4.57 Å². The Morgan fingerprint density at radius 3 is 1.00 bits per heavy atom. The summed E-state index contributed by atoms with van der Waals surface area (Å²) in [6.07, 6.45) is 11.1. The molecule has 0 spiro atoms. The third kappa shape index (κ3) is 29.0. The van der Waals surface area contributed by atoms with Crippen LogP contribution in [0.15, 0.2) is 0 Å². The highest BCUT2D eigenvalue weighted by atomic mass is 31.2. The van der Waals surface area contributed by atoms with Gasteiger partial charge in [-0.25, -0.2) is 0 Å². The predicted molar refractivity (Wildman–Crippen MR) is 105 cm³/mol. The van der Waals surface area contributed by atoms with Crippen molar-refractivity contribution in [2.45, 2.75) is 79.1 Å². The molecule has 9 heteroatoms. The van der Waals surface area contributed by atoms with Gasteiger partial charge in [-0.05, 0) is 25.7 Å². The monoisotopic (exact) mass is 391 g/mol. The normalized spacial score (nSPS) is 10.5. The predicted octanol–water partition coefficient (Wildman–Crippen LogP) is 2.94. The van der Waals surface area contributed by atoms with E-state index in [1.54, 1.807) is 0 Å². The Morgan fingerprint density at radius 1 is 0.720 bits per heavy atom. The van der Waals surface area contributed by atoms with E-state index in [2.05, 4.69) is 27.7 Å². The quantitative estimate of drug-likeness (QED) is 0.293. The van der Waals surface area contributed by atoms with Crippen LogP contribution in [0, 0.1) is 0 Å². The maximum absolute atomic E-state index is 8.77. The second kappa shape index (κ2) is 22.0. The number of quaternary nitrogens is 1. The maximum atomic E-state index is 8.77. The SMILES string of the molecule is CCCC[N+](CCCC)(CCCC)CCCC.N.N.O.O=P([O-])(O)O. The van der Waals surface area contributed by atoms with Crippen molar-refractivity contribution in [2.75, 3.05) is 26.2 Å². The fourth-order valence-corrected chi connectivity index (χ4v) is 2.64. The molecule has 0 amide bonds. The lowest BCUT2D eigenvalue weighted by Crippen LogP contribution is -2.50. The summed E-state index contributed by atoms with van der Waals surface area (Å²) in [6, 6.07) is 0. The van der Waals surface area contributed by atoms with E-state index in [0.717, 1.165) is 0 Å². The van der Waals surface area contributed by atoms with Crippen molar-refractivity contribution in [3.8, 4) is 0 Å². The summed E-state index contributed by atoms with van der Waals surface area (Å²) < 4.78 is 10.2.